The summed E-state index contributed by atoms with van der Waals surface area (Å²) >= 11 is 0. The first-order valence-corrected chi connectivity index (χ1v) is 6.94. The van der Waals surface area contributed by atoms with Crippen LogP contribution in [0.1, 0.15) is 23.7 Å². The van der Waals surface area contributed by atoms with Crippen molar-refractivity contribution in [3.63, 3.8) is 0 Å². The van der Waals surface area contributed by atoms with Gasteiger partial charge in [0.15, 0.2) is 0 Å². The molecule has 20 heavy (non-hydrogen) atoms. The first-order valence-electron chi connectivity index (χ1n) is 6.94. The topological polar surface area (TPSA) is 41.5 Å². The molecule has 2 aromatic carbocycles. The number of benzene rings is 2. The molecule has 3 nitrogen and oxygen atoms in total. The van der Waals surface area contributed by atoms with Crippen molar-refractivity contribution in [2.24, 2.45) is 0 Å². The third kappa shape index (κ3) is 2.49. The predicted octanol–water partition coefficient (Wildman–Crippen LogP) is 3.16. The van der Waals surface area contributed by atoms with E-state index in [0.29, 0.717) is 0 Å². The SMILES string of the molecule is COc1ccc(C(O)C2CCc3ccccc3N2)cc1. The zero-order valence-electron chi connectivity index (χ0n) is 11.5. The minimum Gasteiger partial charge on any atom is -0.497 e. The van der Waals surface area contributed by atoms with Crippen LogP contribution >= 0.6 is 0 Å². The van der Waals surface area contributed by atoms with Crippen LogP contribution in [0.15, 0.2) is 48.5 Å². The van der Waals surface area contributed by atoms with E-state index in [1.807, 2.05) is 30.3 Å². The molecule has 104 valence electrons. The van der Waals surface area contributed by atoms with Gasteiger partial charge in [0.1, 0.15) is 5.75 Å². The minimum atomic E-state index is -0.505. The summed E-state index contributed by atoms with van der Waals surface area (Å²) in [5, 5.41) is 14.0. The highest BCUT2D eigenvalue weighted by Gasteiger charge is 2.25. The second kappa shape index (κ2) is 5.55. The standard InChI is InChI=1S/C17H19NO2/c1-20-14-9-6-13(7-10-14)17(19)16-11-8-12-4-2-3-5-15(12)18-16/h2-7,9-10,16-19H,8,11H2,1H3. The molecule has 0 spiro atoms. The molecule has 0 bridgehead atoms. The van der Waals surface area contributed by atoms with Gasteiger partial charge >= 0.3 is 0 Å². The van der Waals surface area contributed by atoms with E-state index in [1.54, 1.807) is 7.11 Å². The quantitative estimate of drug-likeness (QED) is 0.899. The summed E-state index contributed by atoms with van der Waals surface area (Å²) in [6.07, 6.45) is 1.43. The molecule has 0 amide bonds. The van der Waals surface area contributed by atoms with Crippen molar-refractivity contribution < 1.29 is 9.84 Å². The van der Waals surface area contributed by atoms with E-state index in [2.05, 4.69) is 23.5 Å². The van der Waals surface area contributed by atoms with Gasteiger partial charge in [0.25, 0.3) is 0 Å². The van der Waals surface area contributed by atoms with E-state index in [4.69, 9.17) is 4.74 Å². The maximum atomic E-state index is 10.5. The molecule has 2 N–H and O–H groups in total. The van der Waals surface area contributed by atoms with Crippen LogP contribution in [0.4, 0.5) is 5.69 Å². The first kappa shape index (κ1) is 13.0. The number of hydrogen-bond donors (Lipinski definition) is 2. The summed E-state index contributed by atoms with van der Waals surface area (Å²) in [6.45, 7) is 0. The average molecular weight is 269 g/mol. The lowest BCUT2D eigenvalue weighted by Crippen LogP contribution is -2.31. The number of aliphatic hydroxyl groups is 1. The molecule has 1 heterocycles. The Hall–Kier alpha value is -2.00. The Bertz CT molecular complexity index is 580. The Morgan fingerprint density at radius 1 is 1.15 bits per heavy atom. The summed E-state index contributed by atoms with van der Waals surface area (Å²) in [6, 6.07) is 16.0. The second-order valence-electron chi connectivity index (χ2n) is 5.16. The highest BCUT2D eigenvalue weighted by atomic mass is 16.5. The Labute approximate surface area is 119 Å². The largest absolute Gasteiger partial charge is 0.497 e. The van der Waals surface area contributed by atoms with E-state index in [0.717, 1.165) is 29.8 Å². The van der Waals surface area contributed by atoms with Gasteiger partial charge in [0.05, 0.1) is 19.3 Å². The van der Waals surface area contributed by atoms with Crippen LogP contribution in [0.25, 0.3) is 0 Å². The fourth-order valence-electron chi connectivity index (χ4n) is 2.73. The Balaban J connectivity index is 1.76. The number of nitrogens with one attached hydrogen (secondary N) is 1. The number of fused-ring (bicyclic) bond motifs is 1. The van der Waals surface area contributed by atoms with Crippen LogP contribution < -0.4 is 10.1 Å². The van der Waals surface area contributed by atoms with Crippen LogP contribution in [0, 0.1) is 0 Å². The summed E-state index contributed by atoms with van der Waals surface area (Å²) in [4.78, 5) is 0. The zero-order chi connectivity index (χ0) is 13.9. The molecule has 0 fully saturated rings. The maximum absolute atomic E-state index is 10.5. The fourth-order valence-corrected chi connectivity index (χ4v) is 2.73. The van der Waals surface area contributed by atoms with Gasteiger partial charge in [-0.15, -0.1) is 0 Å². The molecule has 0 aromatic heterocycles. The molecule has 3 heteroatoms. The van der Waals surface area contributed by atoms with Gasteiger partial charge in [-0.25, -0.2) is 0 Å². The molecule has 1 aliphatic heterocycles. The Morgan fingerprint density at radius 2 is 1.90 bits per heavy atom. The normalized spacial score (nSPS) is 18.8. The molecule has 2 atom stereocenters. The van der Waals surface area contributed by atoms with Crippen LogP contribution in [-0.2, 0) is 6.42 Å². The van der Waals surface area contributed by atoms with Crippen molar-refractivity contribution >= 4 is 5.69 Å². The smallest absolute Gasteiger partial charge is 0.118 e. The van der Waals surface area contributed by atoms with Gasteiger partial charge < -0.3 is 15.2 Å². The highest BCUT2D eigenvalue weighted by molar-refractivity contribution is 5.54. The number of para-hydroxylation sites is 1. The Morgan fingerprint density at radius 3 is 2.65 bits per heavy atom. The van der Waals surface area contributed by atoms with Crippen molar-refractivity contribution in [1.82, 2.24) is 0 Å². The van der Waals surface area contributed by atoms with Gasteiger partial charge in [-0.05, 0) is 42.2 Å². The fraction of sp³-hybridized carbons (Fsp3) is 0.294. The third-order valence-corrected chi connectivity index (χ3v) is 3.92. The van der Waals surface area contributed by atoms with Gasteiger partial charge in [-0.2, -0.15) is 0 Å². The van der Waals surface area contributed by atoms with Gasteiger partial charge in [0.2, 0.25) is 0 Å². The van der Waals surface area contributed by atoms with Crippen LogP contribution in [0.2, 0.25) is 0 Å². The molecule has 2 unspecified atom stereocenters. The van der Waals surface area contributed by atoms with Crippen molar-refractivity contribution in [3.05, 3.63) is 59.7 Å². The van der Waals surface area contributed by atoms with Gasteiger partial charge in [-0.1, -0.05) is 30.3 Å². The van der Waals surface area contributed by atoms with E-state index in [9.17, 15) is 5.11 Å². The number of hydrogen-bond acceptors (Lipinski definition) is 3. The lowest BCUT2D eigenvalue weighted by Gasteiger charge is -2.30. The summed E-state index contributed by atoms with van der Waals surface area (Å²) in [5.74, 6) is 0.808. The molecule has 0 saturated carbocycles. The highest BCUT2D eigenvalue weighted by Crippen LogP contribution is 2.31. The predicted molar refractivity (Wildman–Crippen MR) is 80.1 cm³/mol. The van der Waals surface area contributed by atoms with Crippen molar-refractivity contribution in [2.75, 3.05) is 12.4 Å². The van der Waals surface area contributed by atoms with E-state index in [-0.39, 0.29) is 6.04 Å². The molecule has 0 saturated heterocycles. The zero-order valence-corrected chi connectivity index (χ0v) is 11.5. The average Bonchev–Trinajstić information content (AvgIpc) is 2.54. The number of aryl methyl sites for hydroxylation is 1. The Kier molecular flexibility index (Phi) is 3.61. The maximum Gasteiger partial charge on any atom is 0.118 e. The van der Waals surface area contributed by atoms with E-state index >= 15 is 0 Å². The molecule has 2 aromatic rings. The van der Waals surface area contributed by atoms with Gasteiger partial charge in [0, 0.05) is 5.69 Å². The molecule has 3 rings (SSSR count). The molecule has 0 aliphatic carbocycles. The van der Waals surface area contributed by atoms with Crippen molar-refractivity contribution in [2.45, 2.75) is 25.0 Å². The van der Waals surface area contributed by atoms with E-state index in [1.165, 1.54) is 5.56 Å². The second-order valence-corrected chi connectivity index (χ2v) is 5.16. The number of ether oxygens (including phenoxy) is 1. The van der Waals surface area contributed by atoms with Crippen molar-refractivity contribution in [1.29, 1.82) is 0 Å². The number of anilines is 1. The van der Waals surface area contributed by atoms with Crippen molar-refractivity contribution in [3.8, 4) is 5.75 Å². The minimum absolute atomic E-state index is 0.0540. The summed E-state index contributed by atoms with van der Waals surface area (Å²) in [7, 11) is 1.64. The monoisotopic (exact) mass is 269 g/mol. The summed E-state index contributed by atoms with van der Waals surface area (Å²) in [5.41, 5.74) is 3.38. The van der Waals surface area contributed by atoms with E-state index < -0.39 is 6.10 Å². The van der Waals surface area contributed by atoms with Crippen LogP contribution in [-0.4, -0.2) is 18.3 Å². The van der Waals surface area contributed by atoms with Gasteiger partial charge in [-0.3, -0.25) is 0 Å². The molecular formula is C17H19NO2. The number of rotatable bonds is 3. The number of methoxy groups -OCH3 is 1. The number of aliphatic hydroxyl groups excluding tert-OH is 1. The molecule has 1 aliphatic rings. The van der Waals surface area contributed by atoms with Crippen LogP contribution in [0.5, 0.6) is 5.75 Å². The molecule has 0 radical (unpaired) electrons. The lowest BCUT2D eigenvalue weighted by molar-refractivity contribution is 0.149. The summed E-state index contributed by atoms with van der Waals surface area (Å²) < 4.78 is 5.14. The lowest BCUT2D eigenvalue weighted by atomic mass is 9.92. The molecular weight excluding hydrogens is 250 g/mol. The van der Waals surface area contributed by atoms with Crippen LogP contribution in [0.3, 0.4) is 0 Å². The third-order valence-electron chi connectivity index (χ3n) is 3.92. The first-order chi connectivity index (χ1) is 9.78.